The number of ether oxygens (including phenoxy) is 4. The van der Waals surface area contributed by atoms with E-state index in [4.69, 9.17) is 18.9 Å². The van der Waals surface area contributed by atoms with Gasteiger partial charge in [-0.15, -0.1) is 0 Å². The van der Waals surface area contributed by atoms with Gasteiger partial charge in [0.15, 0.2) is 12.4 Å². The summed E-state index contributed by atoms with van der Waals surface area (Å²) in [5.41, 5.74) is 0. The van der Waals surface area contributed by atoms with Gasteiger partial charge in [0.2, 0.25) is 0 Å². The number of aliphatic hydroxyl groups excluding tert-OH is 4. The Kier molecular flexibility index (Phi) is 45.5. The Morgan fingerprint density at radius 1 is 0.448 bits per heavy atom. The van der Waals surface area contributed by atoms with E-state index in [9.17, 15) is 30.0 Å². The maximum atomic E-state index is 12.9. The predicted octanol–water partition coefficient (Wildman–Crippen LogP) is 14.2. The lowest BCUT2D eigenvalue weighted by atomic mass is 9.99. The fourth-order valence-corrected chi connectivity index (χ4v) is 9.13. The highest BCUT2D eigenvalue weighted by Gasteiger charge is 2.44. The van der Waals surface area contributed by atoms with Crippen molar-refractivity contribution in [3.8, 4) is 0 Å². The Labute approximate surface area is 411 Å². The first kappa shape index (κ1) is 63.5. The molecular weight excluding hydrogens is 845 g/mol. The first-order valence-electron chi connectivity index (χ1n) is 28.8. The van der Waals surface area contributed by atoms with Gasteiger partial charge < -0.3 is 39.4 Å². The van der Waals surface area contributed by atoms with E-state index in [1.165, 1.54) is 212 Å². The molecular formula is C57H108O10. The van der Waals surface area contributed by atoms with Crippen LogP contribution in [-0.4, -0.2) is 89.0 Å². The van der Waals surface area contributed by atoms with Gasteiger partial charge in [0.1, 0.15) is 31.0 Å². The molecule has 0 bridgehead atoms. The lowest BCUT2D eigenvalue weighted by Crippen LogP contribution is -2.59. The number of carbonyl (C=O) groups excluding carboxylic acids is 2. The molecule has 0 aliphatic carbocycles. The molecule has 1 saturated heterocycles. The van der Waals surface area contributed by atoms with E-state index >= 15 is 0 Å². The number of esters is 2. The van der Waals surface area contributed by atoms with E-state index in [-0.39, 0.29) is 32.0 Å². The average Bonchev–Trinajstić information content (AvgIpc) is 3.33. The summed E-state index contributed by atoms with van der Waals surface area (Å²) in [6.45, 7) is 3.49. The number of carbonyl (C=O) groups is 2. The van der Waals surface area contributed by atoms with Crippen molar-refractivity contribution in [3.05, 3.63) is 12.2 Å². The summed E-state index contributed by atoms with van der Waals surface area (Å²) in [6.07, 6.45) is 48.0. The topological polar surface area (TPSA) is 152 Å². The molecule has 0 amide bonds. The zero-order chi connectivity index (χ0) is 48.7. The van der Waals surface area contributed by atoms with Gasteiger partial charge in [0.25, 0.3) is 0 Å². The van der Waals surface area contributed by atoms with Crippen LogP contribution in [0.1, 0.15) is 284 Å². The smallest absolute Gasteiger partial charge is 0.306 e. The molecule has 10 nitrogen and oxygen atoms in total. The van der Waals surface area contributed by atoms with Crippen molar-refractivity contribution in [3.63, 3.8) is 0 Å². The zero-order valence-corrected chi connectivity index (χ0v) is 43.7. The summed E-state index contributed by atoms with van der Waals surface area (Å²) in [6, 6.07) is 0. The SMILES string of the molecule is CCCCCCCCCC/C=C\CCCCCCCCCCCC(=O)OC(COC(=O)CCCCCCCCCCCCCCCCCCCCCCC)COC1OC(CO)C(O)C(O)C1O. The molecule has 67 heavy (non-hydrogen) atoms. The third-order valence-corrected chi connectivity index (χ3v) is 13.7. The van der Waals surface area contributed by atoms with Gasteiger partial charge in [-0.25, -0.2) is 0 Å². The Hall–Kier alpha value is -1.56. The lowest BCUT2D eigenvalue weighted by molar-refractivity contribution is -0.305. The number of hydrogen-bond acceptors (Lipinski definition) is 10. The first-order chi connectivity index (χ1) is 32.8. The van der Waals surface area contributed by atoms with Crippen LogP contribution in [0.5, 0.6) is 0 Å². The van der Waals surface area contributed by atoms with E-state index in [0.717, 1.165) is 38.5 Å². The molecule has 0 spiro atoms. The molecule has 0 aromatic carbocycles. The van der Waals surface area contributed by atoms with Crippen molar-refractivity contribution in [2.45, 2.75) is 320 Å². The maximum Gasteiger partial charge on any atom is 0.306 e. The van der Waals surface area contributed by atoms with Crippen LogP contribution in [0.25, 0.3) is 0 Å². The van der Waals surface area contributed by atoms with Crippen molar-refractivity contribution in [2.24, 2.45) is 0 Å². The van der Waals surface area contributed by atoms with Crippen molar-refractivity contribution in [1.82, 2.24) is 0 Å². The molecule has 0 radical (unpaired) electrons. The Morgan fingerprint density at radius 3 is 1.16 bits per heavy atom. The van der Waals surface area contributed by atoms with Gasteiger partial charge in [-0.05, 0) is 38.5 Å². The van der Waals surface area contributed by atoms with Crippen LogP contribution in [0.2, 0.25) is 0 Å². The highest BCUT2D eigenvalue weighted by molar-refractivity contribution is 5.70. The van der Waals surface area contributed by atoms with Crippen molar-refractivity contribution < 1.29 is 49.0 Å². The van der Waals surface area contributed by atoms with E-state index in [1.807, 2.05) is 0 Å². The van der Waals surface area contributed by atoms with E-state index in [0.29, 0.717) is 6.42 Å². The summed E-state index contributed by atoms with van der Waals surface area (Å²) in [5.74, 6) is -0.789. The number of aliphatic hydroxyl groups is 4. The van der Waals surface area contributed by atoms with Crippen LogP contribution in [0, 0.1) is 0 Å². The molecule has 10 heteroatoms. The maximum absolute atomic E-state index is 12.9. The fraction of sp³-hybridized carbons (Fsp3) is 0.930. The molecule has 6 unspecified atom stereocenters. The largest absolute Gasteiger partial charge is 0.462 e. The second-order valence-electron chi connectivity index (χ2n) is 20.1. The van der Waals surface area contributed by atoms with Gasteiger partial charge in [0.05, 0.1) is 13.2 Å². The molecule has 0 aromatic heterocycles. The van der Waals surface area contributed by atoms with Crippen molar-refractivity contribution in [1.29, 1.82) is 0 Å². The third-order valence-electron chi connectivity index (χ3n) is 13.7. The second kappa shape index (κ2) is 48.1. The highest BCUT2D eigenvalue weighted by Crippen LogP contribution is 2.23. The Balaban J connectivity index is 2.20. The van der Waals surface area contributed by atoms with Gasteiger partial charge >= 0.3 is 11.9 Å². The van der Waals surface area contributed by atoms with Crippen LogP contribution >= 0.6 is 0 Å². The molecule has 1 rings (SSSR count). The van der Waals surface area contributed by atoms with Crippen LogP contribution in [0.3, 0.4) is 0 Å². The molecule has 6 atom stereocenters. The monoisotopic (exact) mass is 953 g/mol. The molecule has 0 saturated carbocycles. The minimum atomic E-state index is -1.59. The molecule has 1 fully saturated rings. The quantitative estimate of drug-likeness (QED) is 0.0263. The van der Waals surface area contributed by atoms with Gasteiger partial charge in [-0.2, -0.15) is 0 Å². The summed E-state index contributed by atoms with van der Waals surface area (Å²) >= 11 is 0. The van der Waals surface area contributed by atoms with Gasteiger partial charge in [0, 0.05) is 12.8 Å². The average molecular weight is 953 g/mol. The lowest BCUT2D eigenvalue weighted by Gasteiger charge is -2.39. The molecule has 4 N–H and O–H groups in total. The number of rotatable bonds is 50. The van der Waals surface area contributed by atoms with Gasteiger partial charge in [-0.1, -0.05) is 244 Å². The predicted molar refractivity (Wildman–Crippen MR) is 275 cm³/mol. The summed E-state index contributed by atoms with van der Waals surface area (Å²) in [4.78, 5) is 25.5. The molecule has 1 aliphatic heterocycles. The number of unbranched alkanes of at least 4 members (excludes halogenated alkanes) is 37. The number of allylic oxidation sites excluding steroid dienone is 2. The van der Waals surface area contributed by atoms with Gasteiger partial charge in [-0.3, -0.25) is 9.59 Å². The Morgan fingerprint density at radius 2 is 0.791 bits per heavy atom. The van der Waals surface area contributed by atoms with E-state index in [1.54, 1.807) is 0 Å². The zero-order valence-electron chi connectivity index (χ0n) is 43.7. The molecule has 1 heterocycles. The molecule has 1 aliphatic rings. The van der Waals surface area contributed by atoms with Crippen molar-refractivity contribution in [2.75, 3.05) is 19.8 Å². The van der Waals surface area contributed by atoms with E-state index in [2.05, 4.69) is 26.0 Å². The van der Waals surface area contributed by atoms with Crippen LogP contribution in [-0.2, 0) is 28.5 Å². The molecule has 396 valence electrons. The fourth-order valence-electron chi connectivity index (χ4n) is 9.13. The molecule has 0 aromatic rings. The van der Waals surface area contributed by atoms with Crippen LogP contribution in [0.4, 0.5) is 0 Å². The summed E-state index contributed by atoms with van der Waals surface area (Å²) in [5, 5.41) is 40.3. The Bertz CT molecular complexity index is 1100. The minimum Gasteiger partial charge on any atom is -0.462 e. The number of hydrogen-bond donors (Lipinski definition) is 4. The minimum absolute atomic E-state index is 0.211. The van der Waals surface area contributed by atoms with Crippen LogP contribution < -0.4 is 0 Å². The highest BCUT2D eigenvalue weighted by atomic mass is 16.7. The first-order valence-corrected chi connectivity index (χ1v) is 28.8. The third kappa shape index (κ3) is 38.8. The van der Waals surface area contributed by atoms with Crippen molar-refractivity contribution >= 4 is 11.9 Å². The standard InChI is InChI=1S/C57H108O10/c1-3-5-7-9-11-13-15-17-19-21-23-25-27-29-31-33-35-37-39-41-43-45-52(59)64-48-50(49-65-57-56(63)55(62)54(61)51(47-58)67-57)66-53(60)46-44-42-40-38-36-34-32-30-28-26-24-22-20-18-16-14-12-10-8-6-4-2/h22,24,50-51,54-58,61-63H,3-21,23,25-49H2,1-2H3/b24-22-. The summed E-state index contributed by atoms with van der Waals surface area (Å²) in [7, 11) is 0. The second-order valence-corrected chi connectivity index (χ2v) is 20.1. The van der Waals surface area contributed by atoms with Crippen LogP contribution in [0.15, 0.2) is 12.2 Å². The van der Waals surface area contributed by atoms with E-state index < -0.39 is 49.4 Å². The summed E-state index contributed by atoms with van der Waals surface area (Å²) < 4.78 is 22.3. The normalized spacial score (nSPS) is 19.0.